The molecule has 270 valence electrons. The number of rotatable bonds is 11. The second-order valence-electron chi connectivity index (χ2n) is 13.7. The standard InChI is InChI=1S/C39H45N3O9/c1-38(2,3)51-37(47)42-22-20-39(21-23-42,35(45)40-32(34(44)48-4)18-19-33(43)49-24-26-12-6-5-7-13-26)41-36(46)50-25-31-29-16-10-8-14-27(29)28-15-9-11-17-30(28)31/h5-17,31-32H,18-25H2,1-4H3,(H,40,45)(H,41,46)/t32-/m0/s1. The fourth-order valence-electron chi connectivity index (χ4n) is 6.40. The number of piperidine rings is 1. The molecule has 5 rings (SSSR count). The van der Waals surface area contributed by atoms with Crippen LogP contribution in [0.15, 0.2) is 78.9 Å². The highest BCUT2D eigenvalue weighted by Crippen LogP contribution is 2.44. The number of alkyl carbamates (subject to hydrolysis) is 1. The number of likely N-dealkylation sites (tertiary alicyclic amines) is 1. The highest BCUT2D eigenvalue weighted by Gasteiger charge is 2.46. The van der Waals surface area contributed by atoms with Crippen LogP contribution in [0, 0.1) is 0 Å². The molecule has 2 N–H and O–H groups in total. The first-order chi connectivity index (χ1) is 24.4. The minimum Gasteiger partial charge on any atom is -0.467 e. The van der Waals surface area contributed by atoms with Crippen LogP contribution in [0.1, 0.15) is 69.1 Å². The van der Waals surface area contributed by atoms with Gasteiger partial charge in [-0.05, 0) is 67.9 Å². The van der Waals surface area contributed by atoms with Crippen LogP contribution in [-0.2, 0) is 39.9 Å². The molecule has 1 aliphatic carbocycles. The smallest absolute Gasteiger partial charge is 0.410 e. The molecule has 0 bridgehead atoms. The quantitative estimate of drug-likeness (QED) is 0.196. The van der Waals surface area contributed by atoms with Crippen LogP contribution in [0.2, 0.25) is 0 Å². The van der Waals surface area contributed by atoms with Gasteiger partial charge in [0.05, 0.1) is 7.11 Å². The number of esters is 2. The second kappa shape index (κ2) is 16.1. The van der Waals surface area contributed by atoms with E-state index < -0.39 is 47.2 Å². The molecule has 3 aromatic rings. The van der Waals surface area contributed by atoms with Crippen LogP contribution in [-0.4, -0.2) is 78.9 Å². The Labute approximate surface area is 297 Å². The number of hydrogen-bond acceptors (Lipinski definition) is 9. The number of hydrogen-bond donors (Lipinski definition) is 2. The number of fused-ring (bicyclic) bond motifs is 3. The summed E-state index contributed by atoms with van der Waals surface area (Å²) >= 11 is 0. The van der Waals surface area contributed by atoms with Gasteiger partial charge in [0.2, 0.25) is 5.91 Å². The third-order valence-corrected chi connectivity index (χ3v) is 9.06. The number of ether oxygens (including phenoxy) is 4. The summed E-state index contributed by atoms with van der Waals surface area (Å²) in [7, 11) is 1.18. The van der Waals surface area contributed by atoms with Gasteiger partial charge in [-0.1, -0.05) is 78.9 Å². The van der Waals surface area contributed by atoms with Crippen molar-refractivity contribution in [2.24, 2.45) is 0 Å². The van der Waals surface area contributed by atoms with Gasteiger partial charge in [-0.3, -0.25) is 9.59 Å². The molecule has 0 spiro atoms. The number of methoxy groups -OCH3 is 1. The predicted octanol–water partition coefficient (Wildman–Crippen LogP) is 5.48. The zero-order valence-corrected chi connectivity index (χ0v) is 29.4. The largest absolute Gasteiger partial charge is 0.467 e. The fraction of sp³-hybridized carbons (Fsp3) is 0.410. The van der Waals surface area contributed by atoms with Crippen molar-refractivity contribution in [1.29, 1.82) is 0 Å². The van der Waals surface area contributed by atoms with Crippen LogP contribution in [0.5, 0.6) is 0 Å². The van der Waals surface area contributed by atoms with Gasteiger partial charge >= 0.3 is 24.1 Å². The van der Waals surface area contributed by atoms with E-state index in [1.807, 2.05) is 78.9 Å². The molecule has 12 nitrogen and oxygen atoms in total. The molecule has 3 aromatic carbocycles. The average molecular weight is 700 g/mol. The molecule has 1 saturated heterocycles. The minimum absolute atomic E-state index is 0.00921. The van der Waals surface area contributed by atoms with Gasteiger partial charge in [-0.25, -0.2) is 14.4 Å². The minimum atomic E-state index is -1.55. The zero-order chi connectivity index (χ0) is 36.6. The lowest BCUT2D eigenvalue weighted by Crippen LogP contribution is -2.65. The molecular formula is C39H45N3O9. The van der Waals surface area contributed by atoms with Crippen molar-refractivity contribution < 1.29 is 42.9 Å². The maximum absolute atomic E-state index is 14.1. The first kappa shape index (κ1) is 36.9. The third-order valence-electron chi connectivity index (χ3n) is 9.06. The Kier molecular flexibility index (Phi) is 11.6. The molecule has 12 heteroatoms. The average Bonchev–Trinajstić information content (AvgIpc) is 3.44. The number of carbonyl (C=O) groups excluding carboxylic acids is 5. The topological polar surface area (TPSA) is 150 Å². The molecule has 1 fully saturated rings. The Morgan fingerprint density at radius 3 is 2.02 bits per heavy atom. The lowest BCUT2D eigenvalue weighted by molar-refractivity contribution is -0.148. The summed E-state index contributed by atoms with van der Waals surface area (Å²) in [6.07, 6.45) is -1.62. The number of benzene rings is 3. The summed E-state index contributed by atoms with van der Waals surface area (Å²) in [6, 6.07) is 23.8. The van der Waals surface area contributed by atoms with Crippen molar-refractivity contribution in [3.05, 3.63) is 95.6 Å². The second-order valence-corrected chi connectivity index (χ2v) is 13.7. The number of nitrogens with one attached hydrogen (secondary N) is 2. The first-order valence-corrected chi connectivity index (χ1v) is 17.1. The molecule has 51 heavy (non-hydrogen) atoms. The molecular weight excluding hydrogens is 654 g/mol. The Hall–Kier alpha value is -5.39. The molecule has 3 amide bonds. The maximum Gasteiger partial charge on any atom is 0.410 e. The van der Waals surface area contributed by atoms with E-state index in [0.717, 1.165) is 27.8 Å². The van der Waals surface area contributed by atoms with Crippen LogP contribution >= 0.6 is 0 Å². The summed E-state index contributed by atoms with van der Waals surface area (Å²) < 4.78 is 21.6. The van der Waals surface area contributed by atoms with Crippen molar-refractivity contribution in [1.82, 2.24) is 15.5 Å². The summed E-state index contributed by atoms with van der Waals surface area (Å²) in [5, 5.41) is 5.47. The fourth-order valence-corrected chi connectivity index (χ4v) is 6.40. The number of nitrogens with zero attached hydrogens (tertiary/aromatic N) is 1. The van der Waals surface area contributed by atoms with E-state index in [0.29, 0.717) is 0 Å². The molecule has 2 aliphatic rings. The van der Waals surface area contributed by atoms with Crippen LogP contribution < -0.4 is 10.6 Å². The van der Waals surface area contributed by atoms with Gasteiger partial charge in [-0.15, -0.1) is 0 Å². The molecule has 0 radical (unpaired) electrons. The van der Waals surface area contributed by atoms with Crippen molar-refractivity contribution in [3.8, 4) is 11.1 Å². The normalized spacial score (nSPS) is 15.4. The Morgan fingerprint density at radius 2 is 1.43 bits per heavy atom. The Bertz CT molecular complexity index is 1680. The van der Waals surface area contributed by atoms with E-state index in [-0.39, 0.29) is 57.9 Å². The SMILES string of the molecule is COC(=O)[C@H](CCC(=O)OCc1ccccc1)NC(=O)C1(NC(=O)OCC2c3ccccc3-c3ccccc32)CCN(C(=O)OC(C)(C)C)CC1. The summed E-state index contributed by atoms with van der Waals surface area (Å²) in [5.74, 6) is -2.19. The predicted molar refractivity (Wildman–Crippen MR) is 187 cm³/mol. The van der Waals surface area contributed by atoms with Gasteiger partial charge in [0.25, 0.3) is 0 Å². The van der Waals surface area contributed by atoms with E-state index in [1.165, 1.54) is 12.0 Å². The molecule has 1 heterocycles. The molecule has 1 aliphatic heterocycles. The van der Waals surface area contributed by atoms with Gasteiger partial charge in [0, 0.05) is 25.4 Å². The maximum atomic E-state index is 14.1. The first-order valence-electron chi connectivity index (χ1n) is 17.1. The molecule has 0 unspecified atom stereocenters. The summed E-state index contributed by atoms with van der Waals surface area (Å²) in [4.78, 5) is 67.3. The van der Waals surface area contributed by atoms with Crippen LogP contribution in [0.25, 0.3) is 11.1 Å². The Morgan fingerprint density at radius 1 is 0.843 bits per heavy atom. The van der Waals surface area contributed by atoms with Crippen molar-refractivity contribution >= 4 is 30.0 Å². The monoisotopic (exact) mass is 699 g/mol. The highest BCUT2D eigenvalue weighted by molar-refractivity contribution is 5.93. The molecule has 0 saturated carbocycles. The summed E-state index contributed by atoms with van der Waals surface area (Å²) in [6.45, 7) is 5.54. The van der Waals surface area contributed by atoms with E-state index in [9.17, 15) is 24.0 Å². The molecule has 1 atom stereocenters. The number of amides is 3. The Balaban J connectivity index is 1.28. The van der Waals surface area contributed by atoms with Crippen molar-refractivity contribution in [2.75, 3.05) is 26.8 Å². The van der Waals surface area contributed by atoms with Crippen LogP contribution in [0.3, 0.4) is 0 Å². The zero-order valence-electron chi connectivity index (χ0n) is 29.4. The third kappa shape index (κ3) is 9.24. The van der Waals surface area contributed by atoms with E-state index in [4.69, 9.17) is 18.9 Å². The van der Waals surface area contributed by atoms with E-state index in [2.05, 4.69) is 10.6 Å². The van der Waals surface area contributed by atoms with Gasteiger partial charge in [0.15, 0.2) is 0 Å². The van der Waals surface area contributed by atoms with E-state index >= 15 is 0 Å². The van der Waals surface area contributed by atoms with Crippen LogP contribution in [0.4, 0.5) is 9.59 Å². The highest BCUT2D eigenvalue weighted by atomic mass is 16.6. The lowest BCUT2D eigenvalue weighted by Gasteiger charge is -2.41. The summed E-state index contributed by atoms with van der Waals surface area (Å²) in [5.41, 5.74) is 2.75. The van der Waals surface area contributed by atoms with E-state index in [1.54, 1.807) is 20.8 Å². The van der Waals surface area contributed by atoms with Crippen molar-refractivity contribution in [2.45, 2.75) is 76.2 Å². The lowest BCUT2D eigenvalue weighted by atomic mass is 9.86. The van der Waals surface area contributed by atoms with Crippen molar-refractivity contribution in [3.63, 3.8) is 0 Å². The van der Waals surface area contributed by atoms with Gasteiger partial charge in [-0.2, -0.15) is 0 Å². The number of carbonyl (C=O) groups is 5. The molecule has 0 aromatic heterocycles. The van der Waals surface area contributed by atoms with Gasteiger partial charge in [0.1, 0.15) is 30.4 Å². The van der Waals surface area contributed by atoms with Gasteiger partial charge < -0.3 is 34.5 Å².